The van der Waals surface area contributed by atoms with E-state index < -0.39 is 11.7 Å². The van der Waals surface area contributed by atoms with E-state index in [0.29, 0.717) is 11.7 Å². The lowest BCUT2D eigenvalue weighted by Crippen LogP contribution is -2.43. The van der Waals surface area contributed by atoms with Crippen LogP contribution in [0.5, 0.6) is 0 Å². The maximum Gasteiger partial charge on any atom is 0.416 e. The molecule has 0 saturated carbocycles. The molecule has 0 atom stereocenters. The van der Waals surface area contributed by atoms with Crippen LogP contribution in [0.4, 0.5) is 13.2 Å². The van der Waals surface area contributed by atoms with Crippen LogP contribution in [-0.4, -0.2) is 18.8 Å². The van der Waals surface area contributed by atoms with Gasteiger partial charge in [0.05, 0.1) is 5.56 Å². The molecular formula is C12H14F3NS. The molecule has 1 N–H and O–H groups in total. The highest BCUT2D eigenvalue weighted by Crippen LogP contribution is 2.30. The number of rotatable bonds is 4. The van der Waals surface area contributed by atoms with Gasteiger partial charge in [0.25, 0.3) is 0 Å². The molecule has 1 nitrogen and oxygen atoms in total. The maximum absolute atomic E-state index is 12.5. The van der Waals surface area contributed by atoms with Gasteiger partial charge in [0.15, 0.2) is 0 Å². The fraction of sp³-hybridized carbons (Fsp3) is 0.500. The Morgan fingerprint density at radius 3 is 2.65 bits per heavy atom. The van der Waals surface area contributed by atoms with E-state index in [1.165, 1.54) is 12.1 Å². The molecule has 0 amide bonds. The van der Waals surface area contributed by atoms with E-state index in [1.807, 2.05) is 0 Å². The molecule has 0 unspecified atom stereocenters. The molecule has 0 spiro atoms. The molecule has 1 heterocycles. The third-order valence-corrected chi connectivity index (χ3v) is 3.99. The molecule has 94 valence electrons. The Bertz CT molecular complexity index is 374. The Kier molecular flexibility index (Phi) is 3.99. The van der Waals surface area contributed by atoms with Crippen LogP contribution in [0.2, 0.25) is 0 Å². The zero-order chi connectivity index (χ0) is 12.3. The molecule has 2 rings (SSSR count). The Hall–Kier alpha value is -0.680. The fourth-order valence-electron chi connectivity index (χ4n) is 1.65. The van der Waals surface area contributed by atoms with Gasteiger partial charge < -0.3 is 5.32 Å². The Morgan fingerprint density at radius 1 is 1.29 bits per heavy atom. The molecule has 1 saturated heterocycles. The molecule has 1 fully saturated rings. The van der Waals surface area contributed by atoms with Crippen molar-refractivity contribution in [2.45, 2.75) is 11.9 Å². The van der Waals surface area contributed by atoms with Gasteiger partial charge in [-0.1, -0.05) is 18.2 Å². The summed E-state index contributed by atoms with van der Waals surface area (Å²) in [4.78, 5) is 0. The molecule has 0 aromatic heterocycles. The summed E-state index contributed by atoms with van der Waals surface area (Å²) in [6, 6.07) is 5.58. The Labute approximate surface area is 103 Å². The van der Waals surface area contributed by atoms with Crippen molar-refractivity contribution in [3.63, 3.8) is 0 Å². The van der Waals surface area contributed by atoms with E-state index in [-0.39, 0.29) is 0 Å². The smallest absolute Gasteiger partial charge is 0.316 e. The van der Waals surface area contributed by atoms with Gasteiger partial charge >= 0.3 is 6.18 Å². The minimum Gasteiger partial charge on any atom is -0.316 e. The van der Waals surface area contributed by atoms with Gasteiger partial charge in [-0.2, -0.15) is 24.9 Å². The summed E-state index contributed by atoms with van der Waals surface area (Å²) >= 11 is 1.70. The highest BCUT2D eigenvalue weighted by molar-refractivity contribution is 7.98. The summed E-state index contributed by atoms with van der Waals surface area (Å²) in [5, 5.41) is 3.18. The number of hydrogen-bond donors (Lipinski definition) is 1. The van der Waals surface area contributed by atoms with Gasteiger partial charge in [-0.15, -0.1) is 0 Å². The first-order chi connectivity index (χ1) is 8.05. The summed E-state index contributed by atoms with van der Waals surface area (Å²) in [7, 11) is 0. The van der Waals surface area contributed by atoms with Gasteiger partial charge in [-0.25, -0.2) is 0 Å². The largest absolute Gasteiger partial charge is 0.416 e. The molecule has 1 aromatic rings. The third kappa shape index (κ3) is 3.64. The molecule has 1 aromatic carbocycles. The summed E-state index contributed by atoms with van der Waals surface area (Å²) < 4.78 is 37.4. The van der Waals surface area contributed by atoms with Crippen LogP contribution in [0.25, 0.3) is 0 Å². The van der Waals surface area contributed by atoms with Crippen molar-refractivity contribution < 1.29 is 13.2 Å². The summed E-state index contributed by atoms with van der Waals surface area (Å²) in [5.41, 5.74) is 0.193. The van der Waals surface area contributed by atoms with Crippen molar-refractivity contribution in [3.8, 4) is 0 Å². The van der Waals surface area contributed by atoms with Crippen molar-refractivity contribution in [1.82, 2.24) is 5.32 Å². The van der Waals surface area contributed by atoms with Crippen molar-refractivity contribution in [2.75, 3.05) is 18.8 Å². The highest BCUT2D eigenvalue weighted by atomic mass is 32.2. The van der Waals surface area contributed by atoms with Crippen LogP contribution in [-0.2, 0) is 11.9 Å². The van der Waals surface area contributed by atoms with E-state index in [9.17, 15) is 13.2 Å². The van der Waals surface area contributed by atoms with Crippen molar-refractivity contribution in [1.29, 1.82) is 0 Å². The van der Waals surface area contributed by atoms with E-state index in [2.05, 4.69) is 5.32 Å². The SMILES string of the molecule is FC(F)(F)c1cccc(CSCC2CNC2)c1. The number of halogens is 3. The standard InChI is InChI=1S/C12H14F3NS/c13-12(14,15)11-3-1-2-9(4-11)7-17-8-10-5-16-6-10/h1-4,10,16H,5-8H2. The second-order valence-electron chi connectivity index (χ2n) is 4.24. The molecule has 1 aliphatic heterocycles. The van der Waals surface area contributed by atoms with Crippen molar-refractivity contribution in [2.24, 2.45) is 5.92 Å². The van der Waals surface area contributed by atoms with Crippen LogP contribution in [0.1, 0.15) is 11.1 Å². The second-order valence-corrected chi connectivity index (χ2v) is 5.27. The van der Waals surface area contributed by atoms with Crippen LogP contribution >= 0.6 is 11.8 Å². The molecule has 0 radical (unpaired) electrons. The normalized spacial score (nSPS) is 16.9. The monoisotopic (exact) mass is 261 g/mol. The lowest BCUT2D eigenvalue weighted by Gasteiger charge is -2.26. The lowest BCUT2D eigenvalue weighted by molar-refractivity contribution is -0.137. The molecular weight excluding hydrogens is 247 g/mol. The molecule has 5 heteroatoms. The van der Waals surface area contributed by atoms with E-state index >= 15 is 0 Å². The average Bonchev–Trinajstić information content (AvgIpc) is 2.21. The average molecular weight is 261 g/mol. The molecule has 0 aliphatic carbocycles. The van der Waals surface area contributed by atoms with Gasteiger partial charge in [-0.05, 0) is 36.4 Å². The minimum absolute atomic E-state index is 0.555. The zero-order valence-electron chi connectivity index (χ0n) is 9.26. The first kappa shape index (κ1) is 12.8. The molecule has 17 heavy (non-hydrogen) atoms. The number of nitrogens with one attached hydrogen (secondary N) is 1. The first-order valence-electron chi connectivity index (χ1n) is 5.50. The number of alkyl halides is 3. The van der Waals surface area contributed by atoms with Crippen LogP contribution in [0.15, 0.2) is 24.3 Å². The van der Waals surface area contributed by atoms with E-state index in [0.717, 1.165) is 30.5 Å². The van der Waals surface area contributed by atoms with E-state index in [1.54, 1.807) is 17.8 Å². The zero-order valence-corrected chi connectivity index (χ0v) is 10.1. The van der Waals surface area contributed by atoms with Gasteiger partial charge in [0.2, 0.25) is 0 Å². The molecule has 0 bridgehead atoms. The second kappa shape index (κ2) is 5.31. The predicted octanol–water partition coefficient (Wildman–Crippen LogP) is 3.16. The highest BCUT2D eigenvalue weighted by Gasteiger charge is 2.30. The van der Waals surface area contributed by atoms with Gasteiger partial charge in [0, 0.05) is 5.75 Å². The summed E-state index contributed by atoms with van der Waals surface area (Å²) in [6.45, 7) is 2.07. The topological polar surface area (TPSA) is 12.0 Å². The van der Waals surface area contributed by atoms with Gasteiger partial charge in [0.1, 0.15) is 0 Å². The summed E-state index contributed by atoms with van der Waals surface area (Å²) in [6.07, 6.45) is -4.24. The first-order valence-corrected chi connectivity index (χ1v) is 6.66. The number of hydrogen-bond acceptors (Lipinski definition) is 2. The van der Waals surface area contributed by atoms with Crippen LogP contribution < -0.4 is 5.32 Å². The Morgan fingerprint density at radius 2 is 2.06 bits per heavy atom. The third-order valence-electron chi connectivity index (χ3n) is 2.74. The predicted molar refractivity (Wildman–Crippen MR) is 64.0 cm³/mol. The fourth-order valence-corrected chi connectivity index (χ4v) is 2.75. The van der Waals surface area contributed by atoms with Crippen LogP contribution in [0, 0.1) is 5.92 Å². The quantitative estimate of drug-likeness (QED) is 0.893. The number of thioether (sulfide) groups is 1. The Balaban J connectivity index is 1.87. The summed E-state index contributed by atoms with van der Waals surface area (Å²) in [5.74, 6) is 2.36. The van der Waals surface area contributed by atoms with Gasteiger partial charge in [-0.3, -0.25) is 0 Å². The molecule has 1 aliphatic rings. The minimum atomic E-state index is -4.24. The number of benzene rings is 1. The van der Waals surface area contributed by atoms with E-state index in [4.69, 9.17) is 0 Å². The van der Waals surface area contributed by atoms with Crippen molar-refractivity contribution >= 4 is 11.8 Å². The van der Waals surface area contributed by atoms with Crippen LogP contribution in [0.3, 0.4) is 0 Å². The lowest BCUT2D eigenvalue weighted by atomic mass is 10.1. The van der Waals surface area contributed by atoms with Crippen molar-refractivity contribution in [3.05, 3.63) is 35.4 Å². The maximum atomic E-state index is 12.5.